The highest BCUT2D eigenvalue weighted by Gasteiger charge is 2.51. The lowest BCUT2D eigenvalue weighted by molar-refractivity contribution is -0.146. The van der Waals surface area contributed by atoms with E-state index in [9.17, 15) is 28.3 Å². The number of oxazole rings is 1. The number of nitrogens with zero attached hydrogens (tertiary/aromatic N) is 3. The first kappa shape index (κ1) is 30.2. The van der Waals surface area contributed by atoms with Crippen LogP contribution in [0.15, 0.2) is 50.7 Å². The number of fused-ring (bicyclic) bond motifs is 2. The van der Waals surface area contributed by atoms with Gasteiger partial charge in [0.1, 0.15) is 28.5 Å². The van der Waals surface area contributed by atoms with Crippen LogP contribution in [0.4, 0.5) is 8.78 Å². The fourth-order valence-electron chi connectivity index (χ4n) is 6.80. The lowest BCUT2D eigenvalue weighted by atomic mass is 10.0. The van der Waals surface area contributed by atoms with Crippen LogP contribution in [0.3, 0.4) is 0 Å². The van der Waals surface area contributed by atoms with Gasteiger partial charge in [0, 0.05) is 18.4 Å². The van der Waals surface area contributed by atoms with Crippen molar-refractivity contribution in [3.05, 3.63) is 68.7 Å². The molecular formula is C31H33F2N3O7S. The first-order valence-corrected chi connectivity index (χ1v) is 15.2. The number of aliphatic carboxylic acids is 1. The normalized spacial score (nSPS) is 21.9. The van der Waals surface area contributed by atoms with Crippen LogP contribution in [0.1, 0.15) is 56.8 Å². The molecule has 234 valence electrons. The molecule has 2 saturated carbocycles. The van der Waals surface area contributed by atoms with E-state index in [2.05, 4.69) is 4.98 Å². The van der Waals surface area contributed by atoms with Gasteiger partial charge in [-0.2, -0.15) is 0 Å². The average molecular weight is 630 g/mol. The highest BCUT2D eigenvalue weighted by atomic mass is 32.1. The lowest BCUT2D eigenvalue weighted by Crippen LogP contribution is -2.52. The van der Waals surface area contributed by atoms with Gasteiger partial charge in [0.2, 0.25) is 11.8 Å². The standard InChI is InChI=1S/C31H33F2N3O7S/c1-16-23-26(37)36(30(2,3)28(38)39)29(40)35(27(23)44-24(16)25-34-9-10-42-25)15-22(20-7-5-6-8-21(20)41-4)43-19-11-17-13-31(32,33)14-18(17)12-19/h5-10,17-19,22H,11-15H2,1-4H3,(H,38,39)/t17-,18+,19-,22?. The Labute approximate surface area is 254 Å². The molecule has 10 nitrogen and oxygen atoms in total. The van der Waals surface area contributed by atoms with Crippen LogP contribution in [-0.2, 0) is 21.6 Å². The lowest BCUT2D eigenvalue weighted by Gasteiger charge is -2.27. The average Bonchev–Trinajstić information content (AvgIpc) is 3.73. The number of para-hydroxylation sites is 1. The molecule has 1 unspecified atom stereocenters. The van der Waals surface area contributed by atoms with Crippen LogP contribution in [-0.4, -0.2) is 44.3 Å². The zero-order valence-corrected chi connectivity index (χ0v) is 25.5. The molecule has 44 heavy (non-hydrogen) atoms. The number of alkyl halides is 2. The molecule has 2 aliphatic carbocycles. The van der Waals surface area contributed by atoms with Crippen molar-refractivity contribution < 1.29 is 32.6 Å². The van der Waals surface area contributed by atoms with E-state index in [1.807, 2.05) is 6.07 Å². The predicted molar refractivity (Wildman–Crippen MR) is 159 cm³/mol. The van der Waals surface area contributed by atoms with Crippen LogP contribution in [0.5, 0.6) is 5.75 Å². The maximum atomic E-state index is 14.2. The molecule has 4 aromatic rings. The zero-order valence-electron chi connectivity index (χ0n) is 24.7. The minimum absolute atomic E-state index is 0.0986. The highest BCUT2D eigenvalue weighted by molar-refractivity contribution is 7.22. The SMILES string of the molecule is COc1ccccc1C(Cn1c(=O)n(C(C)(C)C(=O)O)c(=O)c2c(C)c(-c3ncco3)sc21)O[C@@H]1C[C@@H]2CC(F)(F)C[C@@H]2C1. The second-order valence-corrected chi connectivity index (χ2v) is 13.2. The molecule has 3 aromatic heterocycles. The molecule has 3 heterocycles. The number of ether oxygens (including phenoxy) is 2. The van der Waals surface area contributed by atoms with Gasteiger partial charge in [-0.1, -0.05) is 18.2 Å². The van der Waals surface area contributed by atoms with Crippen LogP contribution in [0, 0.1) is 18.8 Å². The Balaban J connectivity index is 1.51. The Hall–Kier alpha value is -3.84. The molecule has 1 N–H and O–H groups in total. The monoisotopic (exact) mass is 629 g/mol. The van der Waals surface area contributed by atoms with Crippen LogP contribution in [0.2, 0.25) is 0 Å². The fourth-order valence-corrected chi connectivity index (χ4v) is 8.04. The van der Waals surface area contributed by atoms with Crippen LogP contribution >= 0.6 is 11.3 Å². The van der Waals surface area contributed by atoms with Gasteiger partial charge in [-0.05, 0) is 57.1 Å². The molecule has 0 bridgehead atoms. The van der Waals surface area contributed by atoms with Crippen molar-refractivity contribution >= 4 is 27.5 Å². The Kier molecular flexibility index (Phi) is 7.52. The van der Waals surface area contributed by atoms with E-state index in [-0.39, 0.29) is 48.6 Å². The number of thiophene rings is 1. The first-order chi connectivity index (χ1) is 20.8. The summed E-state index contributed by atoms with van der Waals surface area (Å²) >= 11 is 1.14. The third kappa shape index (κ3) is 5.05. The van der Waals surface area contributed by atoms with E-state index in [4.69, 9.17) is 13.9 Å². The van der Waals surface area contributed by atoms with E-state index in [1.165, 1.54) is 38.0 Å². The van der Waals surface area contributed by atoms with Crippen LogP contribution < -0.4 is 16.0 Å². The summed E-state index contributed by atoms with van der Waals surface area (Å²) < 4.78 is 48.1. The smallest absolute Gasteiger partial charge is 0.333 e. The highest BCUT2D eigenvalue weighted by Crippen LogP contribution is 2.52. The van der Waals surface area contributed by atoms with Crippen molar-refractivity contribution in [3.63, 3.8) is 0 Å². The summed E-state index contributed by atoms with van der Waals surface area (Å²) in [7, 11) is 1.52. The van der Waals surface area contributed by atoms with Crippen molar-refractivity contribution in [2.24, 2.45) is 11.8 Å². The third-order valence-electron chi connectivity index (χ3n) is 9.03. The van der Waals surface area contributed by atoms with Crippen molar-refractivity contribution in [3.8, 4) is 16.5 Å². The Morgan fingerprint density at radius 2 is 1.91 bits per heavy atom. The van der Waals surface area contributed by atoms with E-state index in [1.54, 1.807) is 25.1 Å². The number of methoxy groups -OCH3 is 1. The van der Waals surface area contributed by atoms with E-state index in [0.717, 1.165) is 15.9 Å². The summed E-state index contributed by atoms with van der Waals surface area (Å²) in [5.41, 5.74) is -2.30. The number of aromatic nitrogens is 3. The van der Waals surface area contributed by atoms with E-state index >= 15 is 0 Å². The molecule has 6 rings (SSSR count). The molecule has 1 aromatic carbocycles. The molecule has 2 fully saturated rings. The quantitative estimate of drug-likeness (QED) is 0.254. The van der Waals surface area contributed by atoms with Crippen LogP contribution in [0.25, 0.3) is 21.0 Å². The minimum atomic E-state index is -2.66. The number of halogens is 2. The maximum absolute atomic E-state index is 14.2. The number of carboxylic acid groups (broad SMARTS) is 1. The van der Waals surface area contributed by atoms with Crippen molar-refractivity contribution in [2.45, 2.75) is 76.7 Å². The molecule has 0 radical (unpaired) electrons. The molecule has 4 atom stereocenters. The second-order valence-electron chi connectivity index (χ2n) is 12.2. The number of aryl methyl sites for hydroxylation is 1. The van der Waals surface area contributed by atoms with Gasteiger partial charge < -0.3 is 19.0 Å². The van der Waals surface area contributed by atoms with Gasteiger partial charge in [-0.25, -0.2) is 27.9 Å². The topological polar surface area (TPSA) is 126 Å². The van der Waals surface area contributed by atoms with Gasteiger partial charge in [-0.15, -0.1) is 11.3 Å². The molecule has 2 aliphatic rings. The van der Waals surface area contributed by atoms with Crippen molar-refractivity contribution in [2.75, 3.05) is 7.11 Å². The number of carbonyl (C=O) groups is 1. The summed E-state index contributed by atoms with van der Waals surface area (Å²) in [6.07, 6.45) is 2.35. The number of hydrogen-bond donors (Lipinski definition) is 1. The predicted octanol–water partition coefficient (Wildman–Crippen LogP) is 5.60. The maximum Gasteiger partial charge on any atom is 0.333 e. The largest absolute Gasteiger partial charge is 0.496 e. The number of hydrogen-bond acceptors (Lipinski definition) is 8. The van der Waals surface area contributed by atoms with Gasteiger partial charge in [0.05, 0.1) is 36.2 Å². The number of rotatable bonds is 9. The van der Waals surface area contributed by atoms with Gasteiger partial charge in [0.15, 0.2) is 0 Å². The Morgan fingerprint density at radius 3 is 2.52 bits per heavy atom. The third-order valence-corrected chi connectivity index (χ3v) is 10.3. The molecule has 0 amide bonds. The summed E-state index contributed by atoms with van der Waals surface area (Å²) in [4.78, 5) is 45.5. The summed E-state index contributed by atoms with van der Waals surface area (Å²) in [5.74, 6) is -3.54. The van der Waals surface area contributed by atoms with Gasteiger partial charge >= 0.3 is 11.7 Å². The summed E-state index contributed by atoms with van der Waals surface area (Å²) in [6.45, 7) is 4.20. The Morgan fingerprint density at radius 1 is 1.23 bits per heavy atom. The van der Waals surface area contributed by atoms with E-state index < -0.39 is 34.8 Å². The summed E-state index contributed by atoms with van der Waals surface area (Å²) in [5, 5.41) is 10.2. The molecule has 0 saturated heterocycles. The Bertz CT molecular complexity index is 1830. The number of carboxylic acids is 1. The van der Waals surface area contributed by atoms with Crippen molar-refractivity contribution in [1.82, 2.24) is 14.1 Å². The first-order valence-electron chi connectivity index (χ1n) is 14.4. The molecule has 13 heteroatoms. The van der Waals surface area contributed by atoms with E-state index in [0.29, 0.717) is 39.4 Å². The van der Waals surface area contributed by atoms with Crippen molar-refractivity contribution in [1.29, 1.82) is 0 Å². The summed E-state index contributed by atoms with van der Waals surface area (Å²) in [6, 6.07) is 7.18. The molecule has 0 spiro atoms. The molecule has 0 aliphatic heterocycles. The zero-order chi connectivity index (χ0) is 31.6. The minimum Gasteiger partial charge on any atom is -0.496 e. The fraction of sp³-hybridized carbons (Fsp3) is 0.484. The number of benzene rings is 1. The molecular weight excluding hydrogens is 596 g/mol. The van der Waals surface area contributed by atoms with Gasteiger partial charge in [0.25, 0.3) is 5.56 Å². The van der Waals surface area contributed by atoms with Gasteiger partial charge in [-0.3, -0.25) is 9.36 Å². The second kappa shape index (κ2) is 11.0.